The van der Waals surface area contributed by atoms with Crippen LogP contribution in [-0.2, 0) is 14.3 Å². The maximum absolute atomic E-state index is 10.1. The summed E-state index contributed by atoms with van der Waals surface area (Å²) in [7, 11) is -3.26. The van der Waals surface area contributed by atoms with Crippen molar-refractivity contribution in [1.82, 2.24) is 0 Å². The molecule has 0 saturated heterocycles. The SMILES string of the molecule is C=CCOS(C)(=O)=O.[RbH]. The summed E-state index contributed by atoms with van der Waals surface area (Å²) in [5.41, 5.74) is 0. The van der Waals surface area contributed by atoms with Crippen molar-refractivity contribution in [3.05, 3.63) is 12.7 Å². The van der Waals surface area contributed by atoms with Gasteiger partial charge in [-0.25, -0.2) is 0 Å². The minimum absolute atomic E-state index is 0. The Morgan fingerprint density at radius 3 is 2.22 bits per heavy atom. The fourth-order valence-electron chi connectivity index (χ4n) is 0.172. The summed E-state index contributed by atoms with van der Waals surface area (Å²) in [6.45, 7) is 3.33. The molecule has 0 spiro atoms. The molecule has 9 heavy (non-hydrogen) atoms. The van der Waals surface area contributed by atoms with Crippen molar-refractivity contribution in [1.29, 1.82) is 0 Å². The standard InChI is InChI=1S/C4H8O3S.Rb.H/c1-3-4-7-8(2,5)6;;/h3H,1,4H2,2H3;;. The van der Waals surface area contributed by atoms with Crippen LogP contribution >= 0.6 is 0 Å². The molecule has 0 rings (SSSR count). The van der Waals surface area contributed by atoms with Crippen molar-refractivity contribution < 1.29 is 12.6 Å². The summed E-state index contributed by atoms with van der Waals surface area (Å²) in [4.78, 5) is 0. The molecule has 3 nitrogen and oxygen atoms in total. The second-order valence-electron chi connectivity index (χ2n) is 1.28. The predicted octanol–water partition coefficient (Wildman–Crippen LogP) is -0.500. The van der Waals surface area contributed by atoms with Crippen LogP contribution < -0.4 is 0 Å². The van der Waals surface area contributed by atoms with Gasteiger partial charge in [0.2, 0.25) is 0 Å². The fourth-order valence-corrected chi connectivity index (χ4v) is 0.515. The van der Waals surface area contributed by atoms with E-state index in [1.807, 2.05) is 0 Å². The summed E-state index contributed by atoms with van der Waals surface area (Å²) in [5.74, 6) is 0. The third kappa shape index (κ3) is 12.6. The van der Waals surface area contributed by atoms with Gasteiger partial charge in [0.25, 0.3) is 10.1 Å². The average Bonchev–Trinajstić information content (AvgIpc) is 1.59. The Morgan fingerprint density at radius 1 is 1.67 bits per heavy atom. The first-order valence-electron chi connectivity index (χ1n) is 2.01. The molecule has 0 radical (unpaired) electrons. The van der Waals surface area contributed by atoms with Crippen molar-refractivity contribution in [2.75, 3.05) is 12.9 Å². The van der Waals surface area contributed by atoms with Crippen LogP contribution in [0.4, 0.5) is 0 Å². The quantitative estimate of drug-likeness (QED) is 0.478. The van der Waals surface area contributed by atoms with Gasteiger partial charge in [0.05, 0.1) is 12.9 Å². The van der Waals surface area contributed by atoms with Gasteiger partial charge in [-0.2, -0.15) is 8.42 Å². The summed E-state index contributed by atoms with van der Waals surface area (Å²) >= 11 is 0. The van der Waals surface area contributed by atoms with Gasteiger partial charge in [-0.05, 0) is 0 Å². The first-order chi connectivity index (χ1) is 3.56. The van der Waals surface area contributed by atoms with E-state index in [2.05, 4.69) is 10.8 Å². The Bertz CT molecular complexity index is 161. The van der Waals surface area contributed by atoms with Crippen LogP contribution in [0.2, 0.25) is 0 Å². The normalized spacial score (nSPS) is 9.89. The van der Waals surface area contributed by atoms with Crippen molar-refractivity contribution in [3.8, 4) is 0 Å². The molecule has 5 heteroatoms. The number of hydrogen-bond acceptors (Lipinski definition) is 3. The van der Waals surface area contributed by atoms with E-state index in [-0.39, 0.29) is 64.8 Å². The molecule has 0 saturated carbocycles. The van der Waals surface area contributed by atoms with E-state index < -0.39 is 10.1 Å². The Morgan fingerprint density at radius 2 is 2.11 bits per heavy atom. The molecule has 0 aliphatic carbocycles. The number of hydrogen-bond donors (Lipinski definition) is 0. The first-order valence-corrected chi connectivity index (χ1v) is 3.83. The van der Waals surface area contributed by atoms with Gasteiger partial charge >= 0.3 is 58.2 Å². The monoisotopic (exact) mass is 222 g/mol. The first kappa shape index (κ1) is 13.1. The van der Waals surface area contributed by atoms with Gasteiger partial charge in [-0.15, -0.1) is 6.58 Å². The van der Waals surface area contributed by atoms with Gasteiger partial charge in [-0.1, -0.05) is 6.08 Å². The van der Waals surface area contributed by atoms with E-state index >= 15 is 0 Å². The van der Waals surface area contributed by atoms with E-state index in [0.29, 0.717) is 0 Å². The maximum atomic E-state index is 10.1. The molecule has 0 aromatic carbocycles. The summed E-state index contributed by atoms with van der Waals surface area (Å²) in [6.07, 6.45) is 2.37. The van der Waals surface area contributed by atoms with Gasteiger partial charge < -0.3 is 0 Å². The van der Waals surface area contributed by atoms with Crippen molar-refractivity contribution in [3.63, 3.8) is 0 Å². The van der Waals surface area contributed by atoms with Gasteiger partial charge in [-0.3, -0.25) is 4.18 Å². The van der Waals surface area contributed by atoms with Gasteiger partial charge in [0, 0.05) is 0 Å². The molecule has 0 unspecified atom stereocenters. The molecular weight excluding hydrogens is 214 g/mol. The Balaban J connectivity index is 0. The Labute approximate surface area is 104 Å². The zero-order valence-electron chi connectivity index (χ0n) is 4.62. The molecule has 0 bridgehead atoms. The van der Waals surface area contributed by atoms with E-state index in [9.17, 15) is 8.42 Å². The summed E-state index contributed by atoms with van der Waals surface area (Å²) < 4.78 is 24.5. The van der Waals surface area contributed by atoms with Crippen LogP contribution in [0.5, 0.6) is 0 Å². The number of rotatable bonds is 3. The predicted molar refractivity (Wildman–Crippen MR) is 38.1 cm³/mol. The molecule has 0 N–H and O–H groups in total. The second kappa shape index (κ2) is 6.18. The third-order valence-electron chi connectivity index (χ3n) is 0.400. The Hall–Kier alpha value is 1.46. The molecule has 0 aliphatic rings. The molecule has 0 aromatic rings. The average molecular weight is 223 g/mol. The molecule has 0 aliphatic heterocycles. The molecule has 0 atom stereocenters. The van der Waals surface area contributed by atoms with Crippen molar-refractivity contribution >= 4 is 68.3 Å². The fraction of sp³-hybridized carbons (Fsp3) is 0.500. The van der Waals surface area contributed by atoms with Crippen LogP contribution in [0.15, 0.2) is 12.7 Å². The summed E-state index contributed by atoms with van der Waals surface area (Å²) in [5, 5.41) is 0. The minimum atomic E-state index is -3.26. The van der Waals surface area contributed by atoms with Crippen LogP contribution in [0.1, 0.15) is 0 Å². The Kier molecular flexibility index (Phi) is 8.98. The molecule has 0 aromatic heterocycles. The van der Waals surface area contributed by atoms with Crippen LogP contribution in [-0.4, -0.2) is 79.5 Å². The zero-order chi connectivity index (χ0) is 6.62. The third-order valence-corrected chi connectivity index (χ3v) is 0.964. The molecule has 0 amide bonds. The van der Waals surface area contributed by atoms with E-state index in [1.165, 1.54) is 6.08 Å². The van der Waals surface area contributed by atoms with E-state index in [4.69, 9.17) is 0 Å². The second-order valence-corrected chi connectivity index (χ2v) is 2.92. The zero-order valence-corrected chi connectivity index (χ0v) is 5.44. The van der Waals surface area contributed by atoms with Crippen LogP contribution in [0, 0.1) is 0 Å². The summed E-state index contributed by atoms with van der Waals surface area (Å²) in [6, 6.07) is 0. The topological polar surface area (TPSA) is 43.4 Å². The van der Waals surface area contributed by atoms with Crippen LogP contribution in [0.25, 0.3) is 0 Å². The van der Waals surface area contributed by atoms with E-state index in [0.717, 1.165) is 6.26 Å². The molecular formula is C4H9O3RbS. The molecule has 0 heterocycles. The van der Waals surface area contributed by atoms with Crippen LogP contribution in [0.3, 0.4) is 0 Å². The van der Waals surface area contributed by atoms with Gasteiger partial charge in [0.15, 0.2) is 0 Å². The molecule has 0 fully saturated rings. The van der Waals surface area contributed by atoms with E-state index in [1.54, 1.807) is 0 Å². The van der Waals surface area contributed by atoms with Gasteiger partial charge in [0.1, 0.15) is 0 Å². The van der Waals surface area contributed by atoms with Crippen molar-refractivity contribution in [2.24, 2.45) is 0 Å². The molecule has 50 valence electrons. The van der Waals surface area contributed by atoms with Crippen molar-refractivity contribution in [2.45, 2.75) is 0 Å².